The monoisotopic (exact) mass is 265 g/mol. The normalized spacial score (nSPS) is 23.9. The van der Waals surface area contributed by atoms with Gasteiger partial charge in [-0.15, -0.1) is 0 Å². The Morgan fingerprint density at radius 3 is 2.84 bits per heavy atom. The first-order valence-corrected chi connectivity index (χ1v) is 6.70. The lowest BCUT2D eigenvalue weighted by atomic mass is 9.94. The lowest BCUT2D eigenvalue weighted by Crippen LogP contribution is -2.64. The fraction of sp³-hybridized carbons (Fsp3) is 0.643. The van der Waals surface area contributed by atoms with Gasteiger partial charge in [-0.1, -0.05) is 0 Å². The first kappa shape index (κ1) is 14.1. The van der Waals surface area contributed by atoms with Crippen molar-refractivity contribution < 1.29 is 9.21 Å². The summed E-state index contributed by atoms with van der Waals surface area (Å²) in [5.41, 5.74) is 5.48. The zero-order valence-electron chi connectivity index (χ0n) is 11.9. The topological polar surface area (TPSA) is 62.7 Å². The van der Waals surface area contributed by atoms with Crippen LogP contribution < -0.4 is 5.73 Å². The Morgan fingerprint density at radius 2 is 2.26 bits per heavy atom. The number of rotatable bonds is 4. The van der Waals surface area contributed by atoms with Gasteiger partial charge < -0.3 is 15.1 Å². The molecule has 2 heterocycles. The minimum absolute atomic E-state index is 0.145. The molecular formula is C14H23N3O2. The number of amides is 1. The number of carbonyl (C=O) groups excluding carboxylic acids is 1. The van der Waals surface area contributed by atoms with Gasteiger partial charge in [0, 0.05) is 19.1 Å². The van der Waals surface area contributed by atoms with Crippen LogP contribution in [0.2, 0.25) is 0 Å². The number of nitrogens with two attached hydrogens (primary N) is 1. The van der Waals surface area contributed by atoms with Crippen LogP contribution in [-0.2, 0) is 11.3 Å². The molecule has 106 valence electrons. The van der Waals surface area contributed by atoms with Crippen LogP contribution >= 0.6 is 0 Å². The molecule has 0 aromatic carbocycles. The molecule has 1 unspecified atom stereocenters. The van der Waals surface area contributed by atoms with Gasteiger partial charge in [-0.25, -0.2) is 0 Å². The molecule has 1 fully saturated rings. The van der Waals surface area contributed by atoms with Gasteiger partial charge in [0.1, 0.15) is 5.76 Å². The van der Waals surface area contributed by atoms with Gasteiger partial charge in [-0.05, 0) is 38.9 Å². The summed E-state index contributed by atoms with van der Waals surface area (Å²) < 4.78 is 5.40. The predicted octanol–water partition coefficient (Wildman–Crippen LogP) is 1.05. The molecule has 1 amide bonds. The van der Waals surface area contributed by atoms with Crippen molar-refractivity contribution in [2.45, 2.75) is 38.4 Å². The quantitative estimate of drug-likeness (QED) is 0.884. The molecule has 1 atom stereocenters. The van der Waals surface area contributed by atoms with Crippen LogP contribution in [0, 0.1) is 0 Å². The minimum Gasteiger partial charge on any atom is -0.468 e. The third kappa shape index (κ3) is 2.82. The van der Waals surface area contributed by atoms with E-state index in [0.717, 1.165) is 12.3 Å². The van der Waals surface area contributed by atoms with E-state index in [9.17, 15) is 4.79 Å². The van der Waals surface area contributed by atoms with Gasteiger partial charge in [0.25, 0.3) is 0 Å². The number of carbonyl (C=O) groups is 1. The first-order valence-electron chi connectivity index (χ1n) is 6.70. The Labute approximate surface area is 114 Å². The maximum Gasteiger partial charge on any atom is 0.240 e. The second kappa shape index (κ2) is 5.35. The first-order chi connectivity index (χ1) is 8.95. The molecule has 1 aliphatic heterocycles. The van der Waals surface area contributed by atoms with Crippen LogP contribution in [-0.4, -0.2) is 47.4 Å². The number of furan rings is 1. The molecule has 0 spiro atoms. The maximum atomic E-state index is 12.5. The third-order valence-electron chi connectivity index (χ3n) is 3.93. The summed E-state index contributed by atoms with van der Waals surface area (Å²) in [6, 6.07) is 3.67. The maximum absolute atomic E-state index is 12.5. The minimum atomic E-state index is -0.172. The Morgan fingerprint density at radius 1 is 1.53 bits per heavy atom. The average molecular weight is 265 g/mol. The van der Waals surface area contributed by atoms with Crippen molar-refractivity contribution in [1.82, 2.24) is 9.80 Å². The van der Waals surface area contributed by atoms with Gasteiger partial charge in [-0.3, -0.25) is 9.69 Å². The highest BCUT2D eigenvalue weighted by molar-refractivity contribution is 5.83. The van der Waals surface area contributed by atoms with Gasteiger partial charge in [0.2, 0.25) is 5.91 Å². The lowest BCUT2D eigenvalue weighted by molar-refractivity contribution is -0.150. The van der Waals surface area contributed by atoms with E-state index in [1.54, 1.807) is 6.26 Å². The molecule has 5 nitrogen and oxygen atoms in total. The van der Waals surface area contributed by atoms with E-state index in [1.165, 1.54) is 0 Å². The molecule has 1 aromatic heterocycles. The number of nitrogens with zero attached hydrogens (tertiary/aromatic N) is 2. The molecule has 1 aliphatic rings. The SMILES string of the molecule is CN1C(=O)C(CCN)N(Cc2ccco2)CC1(C)C. The molecule has 5 heteroatoms. The fourth-order valence-electron chi connectivity index (χ4n) is 2.62. The molecule has 0 bridgehead atoms. The van der Waals surface area contributed by atoms with Gasteiger partial charge >= 0.3 is 0 Å². The Balaban J connectivity index is 2.19. The van der Waals surface area contributed by atoms with Gasteiger partial charge in [0.05, 0.1) is 18.8 Å². The highest BCUT2D eigenvalue weighted by Crippen LogP contribution is 2.26. The van der Waals surface area contributed by atoms with E-state index < -0.39 is 0 Å². The summed E-state index contributed by atoms with van der Waals surface area (Å²) in [5, 5.41) is 0. The highest BCUT2D eigenvalue weighted by atomic mass is 16.3. The van der Waals surface area contributed by atoms with Crippen molar-refractivity contribution in [3.05, 3.63) is 24.2 Å². The lowest BCUT2D eigenvalue weighted by Gasteiger charge is -2.48. The molecule has 2 N–H and O–H groups in total. The number of likely N-dealkylation sites (N-methyl/N-ethyl adjacent to an activating group) is 1. The van der Waals surface area contributed by atoms with Gasteiger partial charge in [-0.2, -0.15) is 0 Å². The molecule has 0 saturated carbocycles. The average Bonchev–Trinajstić information content (AvgIpc) is 2.84. The van der Waals surface area contributed by atoms with Crippen LogP contribution in [0.5, 0.6) is 0 Å². The van der Waals surface area contributed by atoms with Crippen molar-refractivity contribution in [3.63, 3.8) is 0 Å². The summed E-state index contributed by atoms with van der Waals surface area (Å²) in [6.07, 6.45) is 2.34. The molecule has 1 saturated heterocycles. The standard InChI is InChI=1S/C14H23N3O2/c1-14(2)10-17(9-11-5-4-8-19-11)12(6-7-15)13(18)16(14)3/h4-5,8,12H,6-7,9-10,15H2,1-3H3. The number of hydrogen-bond donors (Lipinski definition) is 1. The molecular weight excluding hydrogens is 242 g/mol. The van der Waals surface area contributed by atoms with Gasteiger partial charge in [0.15, 0.2) is 0 Å². The number of hydrogen-bond acceptors (Lipinski definition) is 4. The second-order valence-electron chi connectivity index (χ2n) is 5.79. The molecule has 0 aliphatic carbocycles. The summed E-state index contributed by atoms with van der Waals surface area (Å²) in [5.74, 6) is 1.03. The predicted molar refractivity (Wildman–Crippen MR) is 73.4 cm³/mol. The van der Waals surface area contributed by atoms with Crippen LogP contribution in [0.4, 0.5) is 0 Å². The fourth-order valence-corrected chi connectivity index (χ4v) is 2.62. The molecule has 2 rings (SSSR count). The zero-order chi connectivity index (χ0) is 14.0. The van der Waals surface area contributed by atoms with Crippen LogP contribution in [0.25, 0.3) is 0 Å². The van der Waals surface area contributed by atoms with E-state index in [2.05, 4.69) is 18.7 Å². The van der Waals surface area contributed by atoms with Crippen molar-refractivity contribution >= 4 is 5.91 Å². The summed E-state index contributed by atoms with van der Waals surface area (Å²) in [4.78, 5) is 16.5. The summed E-state index contributed by atoms with van der Waals surface area (Å²) >= 11 is 0. The van der Waals surface area contributed by atoms with E-state index >= 15 is 0 Å². The Kier molecular flexibility index (Phi) is 3.96. The Bertz CT molecular complexity index is 428. The Hall–Kier alpha value is -1.33. The largest absolute Gasteiger partial charge is 0.468 e. The van der Waals surface area contributed by atoms with Crippen LogP contribution in [0.15, 0.2) is 22.8 Å². The van der Waals surface area contributed by atoms with Crippen molar-refractivity contribution in [2.24, 2.45) is 5.73 Å². The van der Waals surface area contributed by atoms with E-state index in [4.69, 9.17) is 10.2 Å². The van der Waals surface area contributed by atoms with Crippen LogP contribution in [0.3, 0.4) is 0 Å². The molecule has 0 radical (unpaired) electrons. The smallest absolute Gasteiger partial charge is 0.240 e. The van der Waals surface area contributed by atoms with E-state index in [0.29, 0.717) is 19.5 Å². The second-order valence-corrected chi connectivity index (χ2v) is 5.79. The van der Waals surface area contributed by atoms with E-state index in [1.807, 2.05) is 24.1 Å². The third-order valence-corrected chi connectivity index (χ3v) is 3.93. The van der Waals surface area contributed by atoms with Crippen molar-refractivity contribution in [3.8, 4) is 0 Å². The van der Waals surface area contributed by atoms with Crippen molar-refractivity contribution in [1.29, 1.82) is 0 Å². The van der Waals surface area contributed by atoms with Crippen molar-refractivity contribution in [2.75, 3.05) is 20.1 Å². The zero-order valence-corrected chi connectivity index (χ0v) is 11.9. The summed E-state index contributed by atoms with van der Waals surface area (Å²) in [7, 11) is 1.87. The highest BCUT2D eigenvalue weighted by Gasteiger charge is 2.42. The van der Waals surface area contributed by atoms with Crippen LogP contribution in [0.1, 0.15) is 26.0 Å². The van der Waals surface area contributed by atoms with E-state index in [-0.39, 0.29) is 17.5 Å². The summed E-state index contributed by atoms with van der Waals surface area (Å²) in [6.45, 7) is 6.15. The molecule has 1 aromatic rings. The molecule has 19 heavy (non-hydrogen) atoms. The number of piperazine rings is 1.